The SMILES string of the molecule is O=C(Cc1c[nH]c2ccc(Cl)cc12)N1CCC(CO)CC1. The van der Waals surface area contributed by atoms with Gasteiger partial charge in [0.2, 0.25) is 5.91 Å². The zero-order valence-electron chi connectivity index (χ0n) is 11.8. The molecule has 0 bridgehead atoms. The van der Waals surface area contributed by atoms with Crippen LogP contribution in [0.15, 0.2) is 24.4 Å². The largest absolute Gasteiger partial charge is 0.396 e. The Morgan fingerprint density at radius 2 is 2.14 bits per heavy atom. The molecular weight excluding hydrogens is 288 g/mol. The molecule has 0 radical (unpaired) electrons. The van der Waals surface area contributed by atoms with Crippen molar-refractivity contribution in [2.24, 2.45) is 5.92 Å². The van der Waals surface area contributed by atoms with Gasteiger partial charge in [0, 0.05) is 41.8 Å². The number of benzene rings is 1. The van der Waals surface area contributed by atoms with E-state index in [4.69, 9.17) is 16.7 Å². The first kappa shape index (κ1) is 14.4. The molecule has 2 aromatic rings. The molecule has 1 aromatic heterocycles. The number of nitrogens with zero attached hydrogens (tertiary/aromatic N) is 1. The summed E-state index contributed by atoms with van der Waals surface area (Å²) in [5, 5.41) is 10.8. The zero-order chi connectivity index (χ0) is 14.8. The van der Waals surface area contributed by atoms with E-state index in [0.29, 0.717) is 17.4 Å². The van der Waals surface area contributed by atoms with E-state index >= 15 is 0 Å². The van der Waals surface area contributed by atoms with Gasteiger partial charge in [-0.05, 0) is 42.5 Å². The van der Waals surface area contributed by atoms with E-state index in [9.17, 15) is 4.79 Å². The number of H-pyrrole nitrogens is 1. The molecule has 0 atom stereocenters. The van der Waals surface area contributed by atoms with E-state index in [-0.39, 0.29) is 12.5 Å². The summed E-state index contributed by atoms with van der Waals surface area (Å²) in [6.07, 6.45) is 4.06. The summed E-state index contributed by atoms with van der Waals surface area (Å²) in [5.41, 5.74) is 1.99. The number of rotatable bonds is 3. The van der Waals surface area contributed by atoms with Crippen LogP contribution in [0.2, 0.25) is 5.02 Å². The zero-order valence-corrected chi connectivity index (χ0v) is 12.6. The maximum absolute atomic E-state index is 12.4. The molecular formula is C16H19ClN2O2. The maximum atomic E-state index is 12.4. The Bertz CT molecular complexity index is 645. The second-order valence-electron chi connectivity index (χ2n) is 5.69. The lowest BCUT2D eigenvalue weighted by atomic mass is 9.97. The van der Waals surface area contributed by atoms with E-state index in [1.165, 1.54) is 0 Å². The third-order valence-electron chi connectivity index (χ3n) is 4.30. The molecule has 1 amide bonds. The van der Waals surface area contributed by atoms with E-state index in [1.54, 1.807) is 0 Å². The Hall–Kier alpha value is -1.52. The second-order valence-corrected chi connectivity index (χ2v) is 6.12. The number of hydrogen-bond acceptors (Lipinski definition) is 2. The van der Waals surface area contributed by atoms with Crippen molar-refractivity contribution in [3.8, 4) is 0 Å². The summed E-state index contributed by atoms with van der Waals surface area (Å²) in [5.74, 6) is 0.494. The maximum Gasteiger partial charge on any atom is 0.227 e. The Kier molecular flexibility index (Phi) is 4.17. The molecule has 4 nitrogen and oxygen atoms in total. The average molecular weight is 307 g/mol. The fourth-order valence-electron chi connectivity index (χ4n) is 2.94. The number of aliphatic hydroxyl groups excluding tert-OH is 1. The lowest BCUT2D eigenvalue weighted by Gasteiger charge is -2.31. The standard InChI is InChI=1S/C16H19ClN2O2/c17-13-1-2-15-14(8-13)12(9-18-15)7-16(21)19-5-3-11(10-20)4-6-19/h1-2,8-9,11,18,20H,3-7,10H2. The quantitative estimate of drug-likeness (QED) is 0.916. The summed E-state index contributed by atoms with van der Waals surface area (Å²) in [4.78, 5) is 17.5. The fraction of sp³-hybridized carbons (Fsp3) is 0.438. The smallest absolute Gasteiger partial charge is 0.227 e. The number of piperidine rings is 1. The first-order valence-electron chi connectivity index (χ1n) is 7.31. The number of fused-ring (bicyclic) bond motifs is 1. The van der Waals surface area contributed by atoms with Crippen LogP contribution in [0.3, 0.4) is 0 Å². The first-order valence-corrected chi connectivity index (χ1v) is 7.69. The van der Waals surface area contributed by atoms with Crippen LogP contribution in [0.4, 0.5) is 0 Å². The van der Waals surface area contributed by atoms with Crippen LogP contribution in [0.25, 0.3) is 10.9 Å². The van der Waals surface area contributed by atoms with Crippen molar-refractivity contribution in [2.75, 3.05) is 19.7 Å². The number of nitrogens with one attached hydrogen (secondary N) is 1. The lowest BCUT2D eigenvalue weighted by Crippen LogP contribution is -2.39. The van der Waals surface area contributed by atoms with Crippen LogP contribution < -0.4 is 0 Å². The Balaban J connectivity index is 1.70. The highest BCUT2D eigenvalue weighted by atomic mass is 35.5. The van der Waals surface area contributed by atoms with Gasteiger partial charge in [-0.3, -0.25) is 4.79 Å². The molecule has 2 N–H and O–H groups in total. The second kappa shape index (κ2) is 6.08. The highest BCUT2D eigenvalue weighted by molar-refractivity contribution is 6.31. The molecule has 1 saturated heterocycles. The molecule has 1 aliphatic heterocycles. The number of aromatic nitrogens is 1. The summed E-state index contributed by atoms with van der Waals surface area (Å²) in [6, 6.07) is 5.66. The molecule has 1 fully saturated rings. The molecule has 2 heterocycles. The molecule has 3 rings (SSSR count). The van der Waals surface area contributed by atoms with E-state index in [2.05, 4.69) is 4.98 Å². The van der Waals surface area contributed by atoms with Gasteiger partial charge in [-0.1, -0.05) is 11.6 Å². The number of carbonyl (C=O) groups is 1. The minimum absolute atomic E-state index is 0.146. The van der Waals surface area contributed by atoms with E-state index in [0.717, 1.165) is 42.4 Å². The van der Waals surface area contributed by atoms with Gasteiger partial charge in [0.15, 0.2) is 0 Å². The minimum Gasteiger partial charge on any atom is -0.396 e. The lowest BCUT2D eigenvalue weighted by molar-refractivity contribution is -0.132. The van der Waals surface area contributed by atoms with E-state index < -0.39 is 0 Å². The van der Waals surface area contributed by atoms with Crippen LogP contribution in [0.1, 0.15) is 18.4 Å². The van der Waals surface area contributed by atoms with Crippen LogP contribution in [0, 0.1) is 5.92 Å². The van der Waals surface area contributed by atoms with E-state index in [1.807, 2.05) is 29.3 Å². The number of halogens is 1. The predicted molar refractivity (Wildman–Crippen MR) is 83.4 cm³/mol. The average Bonchev–Trinajstić information content (AvgIpc) is 2.89. The summed E-state index contributed by atoms with van der Waals surface area (Å²) >= 11 is 6.03. The highest BCUT2D eigenvalue weighted by Crippen LogP contribution is 2.24. The summed E-state index contributed by atoms with van der Waals surface area (Å²) < 4.78 is 0. The van der Waals surface area contributed by atoms with Crippen molar-refractivity contribution in [3.63, 3.8) is 0 Å². The van der Waals surface area contributed by atoms with Gasteiger partial charge in [-0.15, -0.1) is 0 Å². The Morgan fingerprint density at radius 1 is 1.38 bits per heavy atom. The Morgan fingerprint density at radius 3 is 2.86 bits per heavy atom. The molecule has 0 unspecified atom stereocenters. The third kappa shape index (κ3) is 3.06. The molecule has 0 aliphatic carbocycles. The third-order valence-corrected chi connectivity index (χ3v) is 4.53. The minimum atomic E-state index is 0.146. The van der Waals surface area contributed by atoms with Crippen LogP contribution in [-0.4, -0.2) is 40.6 Å². The van der Waals surface area contributed by atoms with Crippen molar-refractivity contribution in [1.82, 2.24) is 9.88 Å². The molecule has 21 heavy (non-hydrogen) atoms. The van der Waals surface area contributed by atoms with Gasteiger partial charge in [-0.2, -0.15) is 0 Å². The molecule has 112 valence electrons. The van der Waals surface area contributed by atoms with Crippen molar-refractivity contribution >= 4 is 28.4 Å². The van der Waals surface area contributed by atoms with Gasteiger partial charge in [0.25, 0.3) is 0 Å². The van der Waals surface area contributed by atoms with Crippen molar-refractivity contribution in [3.05, 3.63) is 35.0 Å². The Labute approximate surface area is 128 Å². The number of amides is 1. The molecule has 0 spiro atoms. The molecule has 1 aliphatic rings. The van der Waals surface area contributed by atoms with Gasteiger partial charge < -0.3 is 15.0 Å². The highest BCUT2D eigenvalue weighted by Gasteiger charge is 2.22. The van der Waals surface area contributed by atoms with Gasteiger partial charge in [-0.25, -0.2) is 0 Å². The molecule has 0 saturated carbocycles. The number of likely N-dealkylation sites (tertiary alicyclic amines) is 1. The van der Waals surface area contributed by atoms with Crippen LogP contribution in [-0.2, 0) is 11.2 Å². The number of aliphatic hydroxyl groups is 1. The number of aromatic amines is 1. The summed E-state index contributed by atoms with van der Waals surface area (Å²) in [7, 11) is 0. The van der Waals surface area contributed by atoms with Gasteiger partial charge in [0.1, 0.15) is 0 Å². The van der Waals surface area contributed by atoms with Crippen LogP contribution in [0.5, 0.6) is 0 Å². The topological polar surface area (TPSA) is 56.3 Å². The van der Waals surface area contributed by atoms with Crippen LogP contribution >= 0.6 is 11.6 Å². The molecule has 5 heteroatoms. The first-order chi connectivity index (χ1) is 10.2. The predicted octanol–water partition coefficient (Wildman–Crippen LogP) is 2.59. The van der Waals surface area contributed by atoms with Crippen molar-refractivity contribution in [2.45, 2.75) is 19.3 Å². The van der Waals surface area contributed by atoms with Crippen molar-refractivity contribution < 1.29 is 9.90 Å². The van der Waals surface area contributed by atoms with Gasteiger partial charge >= 0.3 is 0 Å². The normalized spacial score (nSPS) is 16.6. The monoisotopic (exact) mass is 306 g/mol. The molecule has 1 aromatic carbocycles. The van der Waals surface area contributed by atoms with Gasteiger partial charge in [0.05, 0.1) is 6.42 Å². The fourth-order valence-corrected chi connectivity index (χ4v) is 3.11. The number of carbonyl (C=O) groups excluding carboxylic acids is 1. The summed E-state index contributed by atoms with van der Waals surface area (Å²) in [6.45, 7) is 1.71. The number of hydrogen-bond donors (Lipinski definition) is 2. The van der Waals surface area contributed by atoms with Crippen molar-refractivity contribution in [1.29, 1.82) is 0 Å².